The van der Waals surface area contributed by atoms with Gasteiger partial charge in [0.1, 0.15) is 11.2 Å². The number of carbonyl (C=O) groups excluding carboxylic acids is 2. The monoisotopic (exact) mass is 482 g/mol. The third-order valence-corrected chi connectivity index (χ3v) is 8.08. The summed E-state index contributed by atoms with van der Waals surface area (Å²) in [5.74, 6) is 0.679. The summed E-state index contributed by atoms with van der Waals surface area (Å²) < 4.78 is 10.9. The lowest BCUT2D eigenvalue weighted by Crippen LogP contribution is -2.43. The molecule has 3 aliphatic rings. The van der Waals surface area contributed by atoms with E-state index in [2.05, 4.69) is 5.32 Å². The van der Waals surface area contributed by atoms with Gasteiger partial charge in [-0.05, 0) is 60.6 Å². The van der Waals surface area contributed by atoms with Crippen molar-refractivity contribution < 1.29 is 19.1 Å². The van der Waals surface area contributed by atoms with Gasteiger partial charge >= 0.3 is 6.09 Å². The number of morpholine rings is 1. The molecule has 7 heteroatoms. The maximum absolute atomic E-state index is 13.8. The summed E-state index contributed by atoms with van der Waals surface area (Å²) in [6.07, 6.45) is 6.29. The van der Waals surface area contributed by atoms with E-state index in [1.54, 1.807) is 17.0 Å². The number of halogens is 1. The number of hydrogen-bond acceptors (Lipinski definition) is 4. The first-order valence-electron chi connectivity index (χ1n) is 12.3. The van der Waals surface area contributed by atoms with E-state index in [0.29, 0.717) is 37.1 Å². The van der Waals surface area contributed by atoms with E-state index in [0.717, 1.165) is 48.1 Å². The molecule has 0 bridgehead atoms. The van der Waals surface area contributed by atoms with Gasteiger partial charge in [-0.15, -0.1) is 0 Å². The molecule has 1 atom stereocenters. The smallest absolute Gasteiger partial charge is 0.410 e. The number of amides is 2. The van der Waals surface area contributed by atoms with Crippen LogP contribution in [0.3, 0.4) is 0 Å². The van der Waals surface area contributed by atoms with Gasteiger partial charge in [0.2, 0.25) is 5.91 Å². The van der Waals surface area contributed by atoms with Crippen molar-refractivity contribution in [3.63, 3.8) is 0 Å². The van der Waals surface area contributed by atoms with Crippen LogP contribution in [0.5, 0.6) is 5.75 Å². The predicted molar refractivity (Wildman–Crippen MR) is 132 cm³/mol. The van der Waals surface area contributed by atoms with Crippen LogP contribution in [0.25, 0.3) is 0 Å². The summed E-state index contributed by atoms with van der Waals surface area (Å²) in [5.41, 5.74) is 2.90. The van der Waals surface area contributed by atoms with E-state index in [4.69, 9.17) is 21.1 Å². The number of nitrogens with one attached hydrogen (secondary N) is 1. The summed E-state index contributed by atoms with van der Waals surface area (Å²) in [7, 11) is 0. The molecular formula is C27H31ClN2O4. The molecule has 2 fully saturated rings. The first-order chi connectivity index (χ1) is 16.5. The average Bonchev–Trinajstić information content (AvgIpc) is 3.00. The molecule has 0 spiro atoms. The van der Waals surface area contributed by atoms with Crippen LogP contribution < -0.4 is 10.1 Å². The average molecular weight is 483 g/mol. The molecule has 2 heterocycles. The van der Waals surface area contributed by atoms with Crippen molar-refractivity contribution in [2.75, 3.05) is 31.6 Å². The van der Waals surface area contributed by atoms with E-state index in [1.807, 2.05) is 31.2 Å². The van der Waals surface area contributed by atoms with Crippen LogP contribution in [-0.2, 0) is 14.9 Å². The van der Waals surface area contributed by atoms with Crippen molar-refractivity contribution in [1.29, 1.82) is 0 Å². The molecule has 6 nitrogen and oxygen atoms in total. The first kappa shape index (κ1) is 23.2. The molecule has 5 rings (SSSR count). The van der Waals surface area contributed by atoms with Crippen LogP contribution >= 0.6 is 11.6 Å². The van der Waals surface area contributed by atoms with E-state index in [1.165, 1.54) is 12.8 Å². The first-order valence-corrected chi connectivity index (χ1v) is 12.7. The van der Waals surface area contributed by atoms with Gasteiger partial charge in [-0.25, -0.2) is 4.79 Å². The Morgan fingerprint density at radius 3 is 2.41 bits per heavy atom. The molecular weight excluding hydrogens is 452 g/mol. The minimum Gasteiger partial charge on any atom is -0.410 e. The Hall–Kier alpha value is -2.57. The van der Waals surface area contributed by atoms with Crippen molar-refractivity contribution >= 4 is 29.3 Å². The van der Waals surface area contributed by atoms with Gasteiger partial charge in [0.15, 0.2) is 0 Å². The van der Waals surface area contributed by atoms with Crippen LogP contribution in [-0.4, -0.2) is 43.2 Å². The highest BCUT2D eigenvalue weighted by atomic mass is 35.5. The van der Waals surface area contributed by atoms with E-state index < -0.39 is 5.41 Å². The molecule has 1 saturated heterocycles. The number of nitrogens with zero attached hydrogens (tertiary/aromatic N) is 1. The number of anilines is 1. The Bertz CT molecular complexity index is 1070. The molecule has 2 aliphatic heterocycles. The Kier molecular flexibility index (Phi) is 6.54. The van der Waals surface area contributed by atoms with Crippen molar-refractivity contribution in [2.45, 2.75) is 50.9 Å². The fourth-order valence-electron chi connectivity index (χ4n) is 5.85. The zero-order valence-corrected chi connectivity index (χ0v) is 20.3. The van der Waals surface area contributed by atoms with Gasteiger partial charge in [-0.2, -0.15) is 0 Å². The van der Waals surface area contributed by atoms with E-state index >= 15 is 0 Å². The molecule has 34 heavy (non-hydrogen) atoms. The van der Waals surface area contributed by atoms with E-state index in [-0.39, 0.29) is 17.9 Å². The second-order valence-corrected chi connectivity index (χ2v) is 9.94. The number of benzene rings is 2. The third kappa shape index (κ3) is 3.97. The van der Waals surface area contributed by atoms with Gasteiger partial charge in [0.25, 0.3) is 0 Å². The van der Waals surface area contributed by atoms with Crippen molar-refractivity contribution in [2.24, 2.45) is 5.92 Å². The lowest BCUT2D eigenvalue weighted by Gasteiger charge is -2.36. The van der Waals surface area contributed by atoms with Crippen LogP contribution in [0.1, 0.15) is 55.2 Å². The van der Waals surface area contributed by atoms with Gasteiger partial charge < -0.3 is 19.7 Å². The SMILES string of the molecule is Cc1c(Cl)ccc2c1NC(=O)C2(c1ccc(OC(=O)N2CCOCC2)cc1)C1CCCCCC1. The zero-order valence-electron chi connectivity index (χ0n) is 19.6. The number of rotatable bonds is 3. The number of fused-ring (bicyclic) bond motifs is 1. The lowest BCUT2D eigenvalue weighted by molar-refractivity contribution is -0.121. The molecule has 2 aromatic rings. The molecule has 2 aromatic carbocycles. The molecule has 1 N–H and O–H groups in total. The Morgan fingerprint density at radius 2 is 1.74 bits per heavy atom. The van der Waals surface area contributed by atoms with Gasteiger partial charge in [-0.3, -0.25) is 4.79 Å². The minimum atomic E-state index is -0.776. The largest absolute Gasteiger partial charge is 0.415 e. The van der Waals surface area contributed by atoms with Crippen LogP contribution in [0.4, 0.5) is 10.5 Å². The molecule has 180 valence electrons. The second-order valence-electron chi connectivity index (χ2n) is 9.54. The normalized spacial score (nSPS) is 23.2. The highest BCUT2D eigenvalue weighted by Gasteiger charge is 2.53. The highest BCUT2D eigenvalue weighted by Crippen LogP contribution is 2.53. The van der Waals surface area contributed by atoms with Gasteiger partial charge in [-0.1, -0.05) is 55.5 Å². The molecule has 1 aliphatic carbocycles. The van der Waals surface area contributed by atoms with E-state index in [9.17, 15) is 9.59 Å². The number of hydrogen-bond donors (Lipinski definition) is 1. The quantitative estimate of drug-likeness (QED) is 0.571. The van der Waals surface area contributed by atoms with Gasteiger partial charge in [0.05, 0.1) is 13.2 Å². The second kappa shape index (κ2) is 9.59. The Balaban J connectivity index is 1.52. The summed E-state index contributed by atoms with van der Waals surface area (Å²) in [4.78, 5) is 28.0. The van der Waals surface area contributed by atoms with Crippen molar-refractivity contribution in [3.8, 4) is 5.75 Å². The van der Waals surface area contributed by atoms with Crippen LogP contribution in [0.2, 0.25) is 5.02 Å². The molecule has 1 saturated carbocycles. The maximum Gasteiger partial charge on any atom is 0.415 e. The zero-order chi connectivity index (χ0) is 23.7. The van der Waals surface area contributed by atoms with Gasteiger partial charge in [0, 0.05) is 23.8 Å². The maximum atomic E-state index is 13.8. The fraction of sp³-hybridized carbons (Fsp3) is 0.481. The summed E-state index contributed by atoms with van der Waals surface area (Å²) in [6.45, 7) is 4.06. The molecule has 1 unspecified atom stereocenters. The fourth-order valence-corrected chi connectivity index (χ4v) is 6.01. The minimum absolute atomic E-state index is 0.0119. The third-order valence-electron chi connectivity index (χ3n) is 7.67. The molecule has 2 amide bonds. The molecule has 0 aromatic heterocycles. The molecule has 0 radical (unpaired) electrons. The van der Waals surface area contributed by atoms with Crippen molar-refractivity contribution in [1.82, 2.24) is 4.90 Å². The van der Waals surface area contributed by atoms with Crippen molar-refractivity contribution in [3.05, 3.63) is 58.1 Å². The number of ether oxygens (including phenoxy) is 2. The summed E-state index contributed by atoms with van der Waals surface area (Å²) in [5, 5.41) is 3.83. The summed E-state index contributed by atoms with van der Waals surface area (Å²) >= 11 is 6.41. The lowest BCUT2D eigenvalue weighted by atomic mass is 9.64. The predicted octanol–water partition coefficient (Wildman–Crippen LogP) is 5.69. The highest BCUT2D eigenvalue weighted by molar-refractivity contribution is 6.32. The Morgan fingerprint density at radius 1 is 1.06 bits per heavy atom. The topological polar surface area (TPSA) is 67.9 Å². The summed E-state index contributed by atoms with van der Waals surface area (Å²) in [6, 6.07) is 11.4. The number of carbonyl (C=O) groups is 2. The van der Waals surface area contributed by atoms with Crippen LogP contribution in [0.15, 0.2) is 36.4 Å². The Labute approximate surface area is 205 Å². The van der Waals surface area contributed by atoms with Crippen LogP contribution in [0, 0.1) is 12.8 Å². The standard InChI is InChI=1S/C27H31ClN2O4/c1-18-23(28)13-12-22-24(18)29-25(31)27(22,19-6-4-2-3-5-7-19)20-8-10-21(11-9-20)34-26(32)30-14-16-33-17-15-30/h8-13,19H,2-7,14-17H2,1H3,(H,29,31).